The van der Waals surface area contributed by atoms with E-state index in [1.54, 1.807) is 19.1 Å². The minimum atomic E-state index is -0.954. The average Bonchev–Trinajstić information content (AvgIpc) is 2.37. The van der Waals surface area contributed by atoms with Crippen molar-refractivity contribution in [3.63, 3.8) is 0 Å². The van der Waals surface area contributed by atoms with E-state index in [9.17, 15) is 9.59 Å². The van der Waals surface area contributed by atoms with Crippen molar-refractivity contribution in [3.8, 4) is 0 Å². The molecule has 5 heteroatoms. The molecule has 0 heterocycles. The fourth-order valence-corrected chi connectivity index (χ4v) is 1.53. The number of benzene rings is 1. The molecule has 4 N–H and O–H groups in total. The lowest BCUT2D eigenvalue weighted by molar-refractivity contribution is -0.137. The second kappa shape index (κ2) is 6.76. The van der Waals surface area contributed by atoms with Gasteiger partial charge < -0.3 is 16.2 Å². The molecule has 0 saturated carbocycles. The third-order valence-corrected chi connectivity index (χ3v) is 2.70. The average molecular weight is 250 g/mol. The summed E-state index contributed by atoms with van der Waals surface area (Å²) in [5.41, 5.74) is 6.19. The van der Waals surface area contributed by atoms with Crippen LogP contribution in [-0.4, -0.2) is 23.5 Å². The summed E-state index contributed by atoms with van der Waals surface area (Å²) in [6, 6.07) is 8.52. The molecule has 0 aromatic heterocycles. The maximum Gasteiger partial charge on any atom is 0.305 e. The third kappa shape index (κ3) is 4.18. The number of nitrogens with one attached hydrogen (secondary N) is 1. The van der Waals surface area contributed by atoms with Gasteiger partial charge in [0.1, 0.15) is 0 Å². The van der Waals surface area contributed by atoms with Crippen LogP contribution in [0.5, 0.6) is 0 Å². The van der Waals surface area contributed by atoms with E-state index in [-0.39, 0.29) is 24.8 Å². The quantitative estimate of drug-likeness (QED) is 0.699. The van der Waals surface area contributed by atoms with Gasteiger partial charge in [0.05, 0.1) is 12.5 Å². The zero-order valence-electron chi connectivity index (χ0n) is 10.3. The van der Waals surface area contributed by atoms with Crippen molar-refractivity contribution in [1.29, 1.82) is 0 Å². The van der Waals surface area contributed by atoms with Gasteiger partial charge in [0.15, 0.2) is 0 Å². The standard InChI is InChI=1S/C13H18N2O3/c1-9(8-14)13(18)15-11(7-12(16)17)10-5-3-2-4-6-10/h2-6,9,11H,7-8,14H2,1H3,(H,15,18)(H,16,17). The molecule has 0 fully saturated rings. The maximum absolute atomic E-state index is 11.8. The van der Waals surface area contributed by atoms with Gasteiger partial charge in [0.25, 0.3) is 0 Å². The topological polar surface area (TPSA) is 92.4 Å². The van der Waals surface area contributed by atoms with Crippen molar-refractivity contribution >= 4 is 11.9 Å². The monoisotopic (exact) mass is 250 g/mol. The van der Waals surface area contributed by atoms with E-state index >= 15 is 0 Å². The normalized spacial score (nSPS) is 13.7. The lowest BCUT2D eigenvalue weighted by atomic mass is 10.0. The third-order valence-electron chi connectivity index (χ3n) is 2.70. The van der Waals surface area contributed by atoms with E-state index in [1.807, 2.05) is 18.2 Å². The predicted octanol–water partition coefficient (Wildman–Crippen LogP) is 0.913. The highest BCUT2D eigenvalue weighted by atomic mass is 16.4. The van der Waals surface area contributed by atoms with Crippen LogP contribution in [0.4, 0.5) is 0 Å². The summed E-state index contributed by atoms with van der Waals surface area (Å²) in [4.78, 5) is 22.6. The van der Waals surface area contributed by atoms with Gasteiger partial charge in [-0.1, -0.05) is 37.3 Å². The van der Waals surface area contributed by atoms with Gasteiger partial charge in [-0.25, -0.2) is 0 Å². The lowest BCUT2D eigenvalue weighted by Gasteiger charge is -2.19. The number of hydrogen-bond acceptors (Lipinski definition) is 3. The lowest BCUT2D eigenvalue weighted by Crippen LogP contribution is -2.36. The van der Waals surface area contributed by atoms with Crippen LogP contribution in [-0.2, 0) is 9.59 Å². The first-order valence-corrected chi connectivity index (χ1v) is 5.81. The van der Waals surface area contributed by atoms with Crippen molar-refractivity contribution < 1.29 is 14.7 Å². The molecule has 1 amide bonds. The molecule has 0 aliphatic rings. The van der Waals surface area contributed by atoms with E-state index in [4.69, 9.17) is 10.8 Å². The van der Waals surface area contributed by atoms with Gasteiger partial charge in [-0.3, -0.25) is 9.59 Å². The molecule has 0 radical (unpaired) electrons. The van der Waals surface area contributed by atoms with E-state index in [1.165, 1.54) is 0 Å². The Balaban J connectivity index is 2.80. The van der Waals surface area contributed by atoms with E-state index < -0.39 is 12.0 Å². The molecule has 2 unspecified atom stereocenters. The minimum Gasteiger partial charge on any atom is -0.481 e. The molecule has 5 nitrogen and oxygen atoms in total. The Morgan fingerprint density at radius 2 is 1.94 bits per heavy atom. The van der Waals surface area contributed by atoms with Crippen molar-refractivity contribution in [2.45, 2.75) is 19.4 Å². The van der Waals surface area contributed by atoms with Crippen LogP contribution in [0.15, 0.2) is 30.3 Å². The number of carboxylic acids is 1. The SMILES string of the molecule is CC(CN)C(=O)NC(CC(=O)O)c1ccccc1. The number of carboxylic acid groups (broad SMARTS) is 1. The smallest absolute Gasteiger partial charge is 0.305 e. The number of amides is 1. The first kappa shape index (κ1) is 14.2. The molecule has 1 aromatic rings. The van der Waals surface area contributed by atoms with Crippen LogP contribution in [0.2, 0.25) is 0 Å². The Morgan fingerprint density at radius 1 is 1.33 bits per heavy atom. The molecule has 0 aliphatic carbocycles. The second-order valence-electron chi connectivity index (χ2n) is 4.21. The minimum absolute atomic E-state index is 0.146. The molecular weight excluding hydrogens is 232 g/mol. The van der Waals surface area contributed by atoms with Gasteiger partial charge in [-0.2, -0.15) is 0 Å². The zero-order valence-corrected chi connectivity index (χ0v) is 10.3. The molecular formula is C13H18N2O3. The number of carbonyl (C=O) groups is 2. The van der Waals surface area contributed by atoms with Crippen molar-refractivity contribution in [3.05, 3.63) is 35.9 Å². The van der Waals surface area contributed by atoms with Gasteiger partial charge in [0.2, 0.25) is 5.91 Å². The van der Waals surface area contributed by atoms with E-state index in [0.717, 1.165) is 5.56 Å². The molecule has 0 aliphatic heterocycles. The summed E-state index contributed by atoms with van der Waals surface area (Å²) in [6.45, 7) is 1.94. The maximum atomic E-state index is 11.8. The number of hydrogen-bond donors (Lipinski definition) is 3. The second-order valence-corrected chi connectivity index (χ2v) is 4.21. The highest BCUT2D eigenvalue weighted by molar-refractivity contribution is 5.80. The van der Waals surface area contributed by atoms with Crippen molar-refractivity contribution in [2.75, 3.05) is 6.54 Å². The van der Waals surface area contributed by atoms with Crippen LogP contribution in [0.3, 0.4) is 0 Å². The molecule has 0 bridgehead atoms. The molecule has 0 saturated heterocycles. The highest BCUT2D eigenvalue weighted by Gasteiger charge is 2.20. The summed E-state index contributed by atoms with van der Waals surface area (Å²) in [6.07, 6.45) is -0.146. The number of carbonyl (C=O) groups excluding carboxylic acids is 1. The van der Waals surface area contributed by atoms with Crippen LogP contribution >= 0.6 is 0 Å². The summed E-state index contributed by atoms with van der Waals surface area (Å²) < 4.78 is 0. The Morgan fingerprint density at radius 3 is 2.44 bits per heavy atom. The van der Waals surface area contributed by atoms with E-state index in [0.29, 0.717) is 0 Å². The van der Waals surface area contributed by atoms with Crippen LogP contribution in [0.25, 0.3) is 0 Å². The highest BCUT2D eigenvalue weighted by Crippen LogP contribution is 2.17. The predicted molar refractivity (Wildman–Crippen MR) is 67.8 cm³/mol. The largest absolute Gasteiger partial charge is 0.481 e. The van der Waals surface area contributed by atoms with Crippen LogP contribution in [0, 0.1) is 5.92 Å². The van der Waals surface area contributed by atoms with Crippen LogP contribution in [0.1, 0.15) is 24.9 Å². The Bertz CT molecular complexity index is 406. The Labute approximate surface area is 106 Å². The fourth-order valence-electron chi connectivity index (χ4n) is 1.53. The molecule has 98 valence electrons. The fraction of sp³-hybridized carbons (Fsp3) is 0.385. The van der Waals surface area contributed by atoms with Crippen molar-refractivity contribution in [1.82, 2.24) is 5.32 Å². The van der Waals surface area contributed by atoms with Crippen LogP contribution < -0.4 is 11.1 Å². The van der Waals surface area contributed by atoms with Gasteiger partial charge in [-0.05, 0) is 5.56 Å². The first-order valence-electron chi connectivity index (χ1n) is 5.81. The summed E-state index contributed by atoms with van der Waals surface area (Å²) >= 11 is 0. The Kier molecular flexibility index (Phi) is 5.32. The summed E-state index contributed by atoms with van der Waals surface area (Å²) in [7, 11) is 0. The van der Waals surface area contributed by atoms with E-state index in [2.05, 4.69) is 5.32 Å². The number of nitrogens with two attached hydrogens (primary N) is 1. The molecule has 0 spiro atoms. The van der Waals surface area contributed by atoms with Crippen molar-refractivity contribution in [2.24, 2.45) is 11.7 Å². The molecule has 1 rings (SSSR count). The summed E-state index contributed by atoms with van der Waals surface area (Å²) in [5, 5.41) is 11.6. The van der Waals surface area contributed by atoms with Gasteiger partial charge in [-0.15, -0.1) is 0 Å². The van der Waals surface area contributed by atoms with Gasteiger partial charge in [0, 0.05) is 12.5 Å². The number of aliphatic carboxylic acids is 1. The van der Waals surface area contributed by atoms with Gasteiger partial charge >= 0.3 is 5.97 Å². The molecule has 18 heavy (non-hydrogen) atoms. The number of rotatable bonds is 6. The molecule has 2 atom stereocenters. The summed E-state index contributed by atoms with van der Waals surface area (Å²) in [5.74, 6) is -1.51. The first-order chi connectivity index (χ1) is 8.54. The Hall–Kier alpha value is -1.88. The molecule has 1 aromatic carbocycles. The zero-order chi connectivity index (χ0) is 13.5.